The van der Waals surface area contributed by atoms with Crippen molar-refractivity contribution in [2.45, 2.75) is 12.8 Å². The second kappa shape index (κ2) is 9.16. The van der Waals surface area contributed by atoms with Gasteiger partial charge in [0.15, 0.2) is 0 Å². The highest BCUT2D eigenvalue weighted by Crippen LogP contribution is 2.23. The molecule has 2 N–H and O–H groups in total. The average Bonchev–Trinajstić information content (AvgIpc) is 2.66. The molecule has 10 heteroatoms. The molecule has 1 aliphatic rings. The summed E-state index contributed by atoms with van der Waals surface area (Å²) in [7, 11) is 1.08. The van der Waals surface area contributed by atoms with Crippen LogP contribution in [0.25, 0.3) is 0 Å². The Morgan fingerprint density at radius 3 is 2.41 bits per heavy atom. The molecule has 1 aromatic carbocycles. The molecule has 1 heterocycles. The van der Waals surface area contributed by atoms with Gasteiger partial charge in [0.05, 0.1) is 12.8 Å². The van der Waals surface area contributed by atoms with Crippen molar-refractivity contribution >= 4 is 27.7 Å². The second-order valence-corrected chi connectivity index (χ2v) is 8.64. The largest absolute Gasteiger partial charge is 0.495 e. The van der Waals surface area contributed by atoms with Crippen LogP contribution in [0, 0.1) is 5.92 Å². The van der Waals surface area contributed by atoms with Gasteiger partial charge >= 0.3 is 11.8 Å². The first-order valence-corrected chi connectivity index (χ1v) is 10.0. The van der Waals surface area contributed by atoms with Crippen LogP contribution in [-0.2, 0) is 19.8 Å². The monoisotopic (exact) mass is 398 g/mol. The maximum absolute atomic E-state index is 12.1. The molecule has 1 aliphatic heterocycles. The minimum atomic E-state index is -3.41. The maximum Gasteiger partial charge on any atom is 0.313 e. The van der Waals surface area contributed by atoms with Crippen LogP contribution in [0.1, 0.15) is 12.8 Å². The number of piperidine rings is 1. The molecule has 0 radical (unpaired) electrons. The van der Waals surface area contributed by atoms with Crippen LogP contribution in [0.5, 0.6) is 5.75 Å². The van der Waals surface area contributed by atoms with Gasteiger partial charge < -0.3 is 15.4 Å². The summed E-state index contributed by atoms with van der Waals surface area (Å²) in [6.45, 7) is 1.12. The fourth-order valence-electron chi connectivity index (χ4n) is 2.82. The van der Waals surface area contributed by atoms with E-state index in [1.165, 1.54) is 29.8 Å². The molecule has 1 aromatic rings. The van der Waals surface area contributed by atoms with Crippen molar-refractivity contribution < 1.29 is 22.7 Å². The third-order valence-corrected chi connectivity index (χ3v) is 6.41. The topological polar surface area (TPSA) is 108 Å². The van der Waals surface area contributed by atoms with Crippen LogP contribution >= 0.6 is 0 Å². The highest BCUT2D eigenvalue weighted by Gasteiger charge is 2.29. The Morgan fingerprint density at radius 2 is 1.81 bits per heavy atom. The van der Waals surface area contributed by atoms with E-state index in [0.29, 0.717) is 43.9 Å². The summed E-state index contributed by atoms with van der Waals surface area (Å²) in [4.78, 5) is 24.1. The Balaban J connectivity index is 1.80. The van der Waals surface area contributed by atoms with Gasteiger partial charge in [-0.3, -0.25) is 9.59 Å². The van der Waals surface area contributed by atoms with Gasteiger partial charge in [0.2, 0.25) is 0 Å². The predicted molar refractivity (Wildman–Crippen MR) is 102 cm³/mol. The van der Waals surface area contributed by atoms with Gasteiger partial charge in [-0.15, -0.1) is 0 Å². The number of amides is 2. The third kappa shape index (κ3) is 5.41. The van der Waals surface area contributed by atoms with Crippen molar-refractivity contribution in [1.29, 1.82) is 0 Å². The zero-order valence-electron chi connectivity index (χ0n) is 15.8. The Bertz CT molecular complexity index is 773. The van der Waals surface area contributed by atoms with Crippen LogP contribution in [0.3, 0.4) is 0 Å². The predicted octanol–water partition coefficient (Wildman–Crippen LogP) is 0.268. The number of hydrogen-bond donors (Lipinski definition) is 2. The quantitative estimate of drug-likeness (QED) is 0.669. The first-order chi connectivity index (χ1) is 12.8. The molecule has 0 bridgehead atoms. The summed E-state index contributed by atoms with van der Waals surface area (Å²) in [6, 6.07) is 6.82. The molecular formula is C17H26N4O5S. The number of methoxy groups -OCH3 is 1. The van der Waals surface area contributed by atoms with Crippen LogP contribution in [0.15, 0.2) is 24.3 Å². The first kappa shape index (κ1) is 21.1. The van der Waals surface area contributed by atoms with Crippen LogP contribution in [0.2, 0.25) is 0 Å². The van der Waals surface area contributed by atoms with Crippen molar-refractivity contribution in [3.8, 4) is 5.75 Å². The summed E-state index contributed by atoms with van der Waals surface area (Å²) in [6.07, 6.45) is 1.25. The third-order valence-electron chi connectivity index (χ3n) is 4.47. The molecule has 2 amide bonds. The number of hydrogen-bond acceptors (Lipinski definition) is 5. The Kier molecular flexibility index (Phi) is 7.17. The molecule has 1 saturated heterocycles. The van der Waals surface area contributed by atoms with Gasteiger partial charge in [-0.25, -0.2) is 0 Å². The van der Waals surface area contributed by atoms with E-state index < -0.39 is 22.0 Å². The number of rotatable bonds is 6. The normalized spacial score (nSPS) is 16.1. The fraction of sp³-hybridized carbons (Fsp3) is 0.529. The number of ether oxygens (including phenoxy) is 1. The van der Waals surface area contributed by atoms with Crippen LogP contribution in [0.4, 0.5) is 5.69 Å². The number of nitrogens with one attached hydrogen (secondary N) is 2. The van der Waals surface area contributed by atoms with Crippen LogP contribution < -0.4 is 15.4 Å². The molecule has 27 heavy (non-hydrogen) atoms. The summed E-state index contributed by atoms with van der Waals surface area (Å²) in [5.41, 5.74) is 0.419. The summed E-state index contributed by atoms with van der Waals surface area (Å²) < 4.78 is 31.9. The minimum absolute atomic E-state index is 0.127. The van der Waals surface area contributed by atoms with Gasteiger partial charge in [-0.2, -0.15) is 17.0 Å². The molecular weight excluding hydrogens is 372 g/mol. The molecule has 0 saturated carbocycles. The summed E-state index contributed by atoms with van der Waals surface area (Å²) in [5.74, 6) is -0.911. The van der Waals surface area contributed by atoms with E-state index in [4.69, 9.17) is 4.74 Å². The van der Waals surface area contributed by atoms with Crippen molar-refractivity contribution in [1.82, 2.24) is 13.9 Å². The molecule has 2 rings (SSSR count). The molecule has 0 aliphatic carbocycles. The van der Waals surface area contributed by atoms with Crippen molar-refractivity contribution in [3.63, 3.8) is 0 Å². The smallest absolute Gasteiger partial charge is 0.313 e. The molecule has 0 atom stereocenters. The molecule has 1 fully saturated rings. The van der Waals surface area contributed by atoms with Gasteiger partial charge in [-0.1, -0.05) is 12.1 Å². The minimum Gasteiger partial charge on any atom is -0.495 e. The lowest BCUT2D eigenvalue weighted by Gasteiger charge is -2.32. The SMILES string of the molecule is COc1ccccc1NC(=O)C(=O)NCC1CCN(S(=O)(=O)N(C)C)CC1. The summed E-state index contributed by atoms with van der Waals surface area (Å²) >= 11 is 0. The lowest BCUT2D eigenvalue weighted by atomic mass is 9.98. The molecule has 9 nitrogen and oxygen atoms in total. The van der Waals surface area contributed by atoms with Crippen LogP contribution in [-0.4, -0.2) is 69.7 Å². The average molecular weight is 398 g/mol. The van der Waals surface area contributed by atoms with E-state index in [-0.39, 0.29) is 5.92 Å². The first-order valence-electron chi connectivity index (χ1n) is 8.65. The van der Waals surface area contributed by atoms with Crippen molar-refractivity contribution in [2.75, 3.05) is 46.2 Å². The summed E-state index contributed by atoms with van der Waals surface area (Å²) in [5, 5.41) is 5.14. The lowest BCUT2D eigenvalue weighted by molar-refractivity contribution is -0.136. The molecule has 0 spiro atoms. The number of carbonyl (C=O) groups is 2. The standard InChI is InChI=1S/C17H26N4O5S/c1-20(2)27(24,25)21-10-8-13(9-11-21)12-18-16(22)17(23)19-14-6-4-5-7-15(14)26-3/h4-7,13H,8-12H2,1-3H3,(H,18,22)(H,19,23). The van der Waals surface area contributed by atoms with Crippen molar-refractivity contribution in [2.24, 2.45) is 5.92 Å². The maximum atomic E-state index is 12.1. The number of para-hydroxylation sites is 2. The van der Waals surface area contributed by atoms with E-state index in [9.17, 15) is 18.0 Å². The second-order valence-electron chi connectivity index (χ2n) is 6.50. The number of carbonyl (C=O) groups excluding carboxylic acids is 2. The van der Waals surface area contributed by atoms with E-state index in [0.717, 1.165) is 0 Å². The Hall–Kier alpha value is -2.17. The molecule has 150 valence electrons. The number of nitrogens with zero attached hydrogens (tertiary/aromatic N) is 2. The lowest BCUT2D eigenvalue weighted by Crippen LogP contribution is -2.46. The van der Waals surface area contributed by atoms with E-state index in [2.05, 4.69) is 10.6 Å². The number of anilines is 1. The van der Waals surface area contributed by atoms with E-state index >= 15 is 0 Å². The highest BCUT2D eigenvalue weighted by atomic mass is 32.2. The fourth-order valence-corrected chi connectivity index (χ4v) is 3.95. The van der Waals surface area contributed by atoms with E-state index in [1.807, 2.05) is 0 Å². The molecule has 0 unspecified atom stereocenters. The van der Waals surface area contributed by atoms with Gasteiger partial charge in [0, 0.05) is 33.7 Å². The Morgan fingerprint density at radius 1 is 1.19 bits per heavy atom. The highest BCUT2D eigenvalue weighted by molar-refractivity contribution is 7.86. The van der Waals surface area contributed by atoms with E-state index in [1.54, 1.807) is 24.3 Å². The van der Waals surface area contributed by atoms with Crippen molar-refractivity contribution in [3.05, 3.63) is 24.3 Å². The van der Waals surface area contributed by atoms with Gasteiger partial charge in [0.25, 0.3) is 10.2 Å². The zero-order valence-corrected chi connectivity index (χ0v) is 16.6. The van der Waals surface area contributed by atoms with Gasteiger partial charge in [-0.05, 0) is 30.9 Å². The number of benzene rings is 1. The molecule has 0 aromatic heterocycles. The zero-order chi connectivity index (χ0) is 20.0. The van der Waals surface area contributed by atoms with Gasteiger partial charge in [0.1, 0.15) is 5.75 Å². The Labute approximate surface area is 159 Å².